The minimum atomic E-state index is -3.80. The molecule has 1 saturated heterocycles. The summed E-state index contributed by atoms with van der Waals surface area (Å²) in [5.41, 5.74) is 0.311. The Hall–Kier alpha value is -2.11. The van der Waals surface area contributed by atoms with Gasteiger partial charge in [0.25, 0.3) is 10.2 Å². The van der Waals surface area contributed by atoms with Crippen molar-refractivity contribution in [3.05, 3.63) is 24.5 Å². The summed E-state index contributed by atoms with van der Waals surface area (Å²) in [6.45, 7) is 0.533. The fraction of sp³-hybridized carbons (Fsp3) is 0.529. The molecule has 1 unspecified atom stereocenters. The van der Waals surface area contributed by atoms with E-state index in [1.54, 1.807) is 19.2 Å². The number of methoxy groups -OCH3 is 1. The van der Waals surface area contributed by atoms with Crippen molar-refractivity contribution in [1.29, 1.82) is 0 Å². The number of aromatic nitrogens is 2. The molecule has 1 aliphatic heterocycles. The number of hydrogen-bond donors (Lipinski definition) is 2. The average molecular weight is 413 g/mol. The Bertz CT molecular complexity index is 997. The lowest BCUT2D eigenvalue weighted by Gasteiger charge is -2.65. The molecule has 11 heteroatoms. The maximum atomic E-state index is 13.3. The zero-order valence-corrected chi connectivity index (χ0v) is 16.0. The standard InChI is InChI=1S/C17H21F2N5O3S/c1-27-11-2-3-12-13(4-11)21-9-22-16(12)24-8-17(14(24)5-15(18)19)6-10(7-17)23-28(20,25)26/h2-4,9-10,14-15,23H,5-8H2,1H3,(H2,20,25,26). The van der Waals surface area contributed by atoms with Crippen molar-refractivity contribution in [1.82, 2.24) is 14.7 Å². The fourth-order valence-electron chi connectivity index (χ4n) is 4.56. The average Bonchev–Trinajstić information content (AvgIpc) is 2.59. The van der Waals surface area contributed by atoms with Crippen molar-refractivity contribution < 1.29 is 21.9 Å². The molecule has 2 aliphatic rings. The van der Waals surface area contributed by atoms with E-state index in [9.17, 15) is 17.2 Å². The summed E-state index contributed by atoms with van der Waals surface area (Å²) in [5.74, 6) is 1.25. The van der Waals surface area contributed by atoms with Crippen LogP contribution < -0.4 is 19.5 Å². The minimum absolute atomic E-state index is 0.302. The van der Waals surface area contributed by atoms with E-state index in [4.69, 9.17) is 9.88 Å². The third kappa shape index (κ3) is 3.38. The van der Waals surface area contributed by atoms with Crippen LogP contribution in [0.25, 0.3) is 10.9 Å². The maximum Gasteiger partial charge on any atom is 0.274 e. The van der Waals surface area contributed by atoms with Crippen LogP contribution >= 0.6 is 0 Å². The molecule has 0 bridgehead atoms. The molecular formula is C17H21F2N5O3S. The van der Waals surface area contributed by atoms with Crippen molar-refractivity contribution in [3.63, 3.8) is 0 Å². The summed E-state index contributed by atoms with van der Waals surface area (Å²) in [5, 5.41) is 5.78. The van der Waals surface area contributed by atoms with Crippen molar-refractivity contribution in [2.45, 2.75) is 37.8 Å². The Labute approximate surface area is 161 Å². The van der Waals surface area contributed by atoms with E-state index in [1.165, 1.54) is 6.33 Å². The number of rotatable bonds is 6. The molecular weight excluding hydrogens is 392 g/mol. The van der Waals surface area contributed by atoms with Gasteiger partial charge in [-0.05, 0) is 25.0 Å². The number of nitrogens with one attached hydrogen (secondary N) is 1. The highest BCUT2D eigenvalue weighted by Crippen LogP contribution is 2.56. The molecule has 2 heterocycles. The van der Waals surface area contributed by atoms with Crippen LogP contribution in [0.5, 0.6) is 5.75 Å². The molecule has 1 aliphatic carbocycles. The van der Waals surface area contributed by atoms with Gasteiger partial charge in [0.1, 0.15) is 17.9 Å². The Balaban J connectivity index is 1.60. The predicted octanol–water partition coefficient (Wildman–Crippen LogP) is 1.42. The van der Waals surface area contributed by atoms with Gasteiger partial charge in [-0.25, -0.2) is 23.9 Å². The Kier molecular flexibility index (Phi) is 4.63. The monoisotopic (exact) mass is 413 g/mol. The molecule has 3 N–H and O–H groups in total. The molecule has 0 radical (unpaired) electrons. The third-order valence-electron chi connectivity index (χ3n) is 5.70. The first-order chi connectivity index (χ1) is 13.2. The topological polar surface area (TPSA) is 110 Å². The number of alkyl halides is 2. The number of nitrogens with zero attached hydrogens (tertiary/aromatic N) is 3. The molecule has 4 rings (SSSR count). The van der Waals surface area contributed by atoms with Gasteiger partial charge in [0, 0.05) is 41.9 Å². The molecule has 0 amide bonds. The van der Waals surface area contributed by atoms with Gasteiger partial charge in [-0.15, -0.1) is 0 Å². The summed E-state index contributed by atoms with van der Waals surface area (Å²) in [7, 11) is -2.25. The van der Waals surface area contributed by atoms with Crippen LogP contribution in [0.2, 0.25) is 0 Å². The second kappa shape index (κ2) is 6.75. The summed E-state index contributed by atoms with van der Waals surface area (Å²) >= 11 is 0. The van der Waals surface area contributed by atoms with Gasteiger partial charge in [0.2, 0.25) is 6.43 Å². The van der Waals surface area contributed by atoms with Crippen molar-refractivity contribution >= 4 is 26.9 Å². The summed E-state index contributed by atoms with van der Waals surface area (Å²) < 4.78 is 56.5. The zero-order chi connectivity index (χ0) is 20.1. The summed E-state index contributed by atoms with van der Waals surface area (Å²) in [6.07, 6.45) is -0.400. The highest BCUT2D eigenvalue weighted by Gasteiger charge is 2.60. The number of anilines is 1. The second-order valence-electron chi connectivity index (χ2n) is 7.48. The lowest BCUT2D eigenvalue weighted by Crippen LogP contribution is -2.73. The van der Waals surface area contributed by atoms with Gasteiger partial charge in [-0.2, -0.15) is 13.1 Å². The SMILES string of the molecule is COc1ccc2c(N3CC4(CC(NS(N)(=O)=O)C4)C3CC(F)F)ncnc2c1. The number of nitrogens with two attached hydrogens (primary N) is 1. The smallest absolute Gasteiger partial charge is 0.274 e. The number of fused-ring (bicyclic) bond motifs is 1. The number of halogens is 2. The van der Waals surface area contributed by atoms with Crippen LogP contribution in [-0.2, 0) is 10.2 Å². The van der Waals surface area contributed by atoms with Crippen LogP contribution in [0.3, 0.4) is 0 Å². The van der Waals surface area contributed by atoms with Gasteiger partial charge < -0.3 is 9.64 Å². The molecule has 8 nitrogen and oxygen atoms in total. The first kappa shape index (κ1) is 19.2. The fourth-order valence-corrected chi connectivity index (χ4v) is 5.19. The zero-order valence-electron chi connectivity index (χ0n) is 15.2. The van der Waals surface area contributed by atoms with Gasteiger partial charge in [0.05, 0.1) is 12.6 Å². The van der Waals surface area contributed by atoms with E-state index in [0.717, 1.165) is 5.39 Å². The lowest BCUT2D eigenvalue weighted by atomic mass is 9.55. The van der Waals surface area contributed by atoms with E-state index >= 15 is 0 Å². The van der Waals surface area contributed by atoms with Crippen LogP contribution in [0.15, 0.2) is 24.5 Å². The lowest BCUT2D eigenvalue weighted by molar-refractivity contribution is -0.0236. The van der Waals surface area contributed by atoms with Gasteiger partial charge in [-0.3, -0.25) is 0 Å². The molecule has 1 spiro atoms. The van der Waals surface area contributed by atoms with Crippen LogP contribution in [0.1, 0.15) is 19.3 Å². The predicted molar refractivity (Wildman–Crippen MR) is 99.5 cm³/mol. The van der Waals surface area contributed by atoms with E-state index < -0.39 is 22.7 Å². The van der Waals surface area contributed by atoms with Gasteiger partial charge >= 0.3 is 0 Å². The highest BCUT2D eigenvalue weighted by atomic mass is 32.2. The van der Waals surface area contributed by atoms with Crippen LogP contribution in [-0.4, -0.2) is 50.5 Å². The van der Waals surface area contributed by atoms with Crippen molar-refractivity contribution in [2.75, 3.05) is 18.6 Å². The number of hydrogen-bond acceptors (Lipinski definition) is 6. The van der Waals surface area contributed by atoms with Gasteiger partial charge in [-0.1, -0.05) is 0 Å². The quantitative estimate of drug-likeness (QED) is 0.741. The van der Waals surface area contributed by atoms with Crippen molar-refractivity contribution in [3.8, 4) is 5.75 Å². The number of benzene rings is 1. The maximum absolute atomic E-state index is 13.3. The largest absolute Gasteiger partial charge is 0.497 e. The second-order valence-corrected chi connectivity index (χ2v) is 8.81. The first-order valence-electron chi connectivity index (χ1n) is 8.84. The molecule has 1 saturated carbocycles. The van der Waals surface area contributed by atoms with E-state index in [0.29, 0.717) is 36.5 Å². The molecule has 1 atom stereocenters. The Morgan fingerprint density at radius 3 is 2.79 bits per heavy atom. The van der Waals surface area contributed by atoms with Crippen molar-refractivity contribution in [2.24, 2.45) is 10.6 Å². The Morgan fingerprint density at radius 2 is 2.14 bits per heavy atom. The molecule has 152 valence electrons. The van der Waals surface area contributed by atoms with E-state index in [2.05, 4.69) is 14.7 Å². The molecule has 1 aromatic carbocycles. The summed E-state index contributed by atoms with van der Waals surface area (Å²) in [6, 6.07) is 4.63. The van der Waals surface area contributed by atoms with E-state index in [1.807, 2.05) is 11.0 Å². The molecule has 1 aromatic heterocycles. The van der Waals surface area contributed by atoms with E-state index in [-0.39, 0.29) is 17.9 Å². The van der Waals surface area contributed by atoms with Gasteiger partial charge in [0.15, 0.2) is 0 Å². The summed E-state index contributed by atoms with van der Waals surface area (Å²) in [4.78, 5) is 10.5. The Morgan fingerprint density at radius 1 is 1.39 bits per heavy atom. The molecule has 28 heavy (non-hydrogen) atoms. The first-order valence-corrected chi connectivity index (χ1v) is 10.4. The number of ether oxygens (including phenoxy) is 1. The highest BCUT2D eigenvalue weighted by molar-refractivity contribution is 7.87. The van der Waals surface area contributed by atoms with Crippen LogP contribution in [0.4, 0.5) is 14.6 Å². The minimum Gasteiger partial charge on any atom is -0.497 e. The molecule has 2 aromatic rings. The van der Waals surface area contributed by atoms with Crippen LogP contribution in [0, 0.1) is 5.41 Å². The molecule has 2 fully saturated rings. The third-order valence-corrected chi connectivity index (χ3v) is 6.36. The normalized spacial score (nSPS) is 27.1.